The van der Waals surface area contributed by atoms with Gasteiger partial charge < -0.3 is 15.5 Å². The van der Waals surface area contributed by atoms with Crippen LogP contribution >= 0.6 is 0 Å². The van der Waals surface area contributed by atoms with Crippen LogP contribution in [0.5, 0.6) is 11.5 Å². The lowest BCUT2D eigenvalue weighted by molar-refractivity contribution is 0.436. The number of halogens is 2. The van der Waals surface area contributed by atoms with E-state index in [0.29, 0.717) is 23.9 Å². The maximum absolute atomic E-state index is 14.7. The zero-order valence-corrected chi connectivity index (χ0v) is 14.2. The maximum Gasteiger partial charge on any atom is 0.168 e. The van der Waals surface area contributed by atoms with Crippen molar-refractivity contribution in [1.82, 2.24) is 4.98 Å². The molecule has 9 heteroatoms. The van der Waals surface area contributed by atoms with Gasteiger partial charge in [0.15, 0.2) is 11.6 Å². The predicted octanol–water partition coefficient (Wildman–Crippen LogP) is 4.77. The summed E-state index contributed by atoms with van der Waals surface area (Å²) in [6, 6.07) is 6.82. The van der Waals surface area contributed by atoms with Crippen molar-refractivity contribution in [3.8, 4) is 11.5 Å². The van der Waals surface area contributed by atoms with Crippen LogP contribution in [0.4, 0.5) is 8.78 Å². The first-order chi connectivity index (χ1) is 13.0. The number of nitrogen functional groups attached to an aromatic ring is 1. The van der Waals surface area contributed by atoms with Crippen LogP contribution in [-0.4, -0.2) is 17.4 Å². The Labute approximate surface area is 152 Å². The van der Waals surface area contributed by atoms with Crippen LogP contribution < -0.4 is 10.5 Å². The summed E-state index contributed by atoms with van der Waals surface area (Å²) in [5.74, 6) is -1.53. The Bertz CT molecular complexity index is 1060. The molecule has 1 aromatic heterocycles. The van der Waals surface area contributed by atoms with Crippen LogP contribution in [0.25, 0.3) is 21.3 Å². The second-order valence-corrected chi connectivity index (χ2v) is 5.82. The molecule has 2 aromatic carbocycles. The summed E-state index contributed by atoms with van der Waals surface area (Å²) in [6.07, 6.45) is 2.62. The molecule has 0 radical (unpaired) electrons. The Kier molecular flexibility index (Phi) is 5.23. The van der Waals surface area contributed by atoms with E-state index in [1.54, 1.807) is 12.3 Å². The van der Waals surface area contributed by atoms with Gasteiger partial charge in [-0.15, -0.1) is 0 Å². The Morgan fingerprint density at radius 3 is 2.81 bits per heavy atom. The summed E-state index contributed by atoms with van der Waals surface area (Å²) in [5, 5.41) is 11.7. The molecular formula is C18H16F2N6O. The third-order valence-corrected chi connectivity index (χ3v) is 4.06. The number of azide groups is 1. The van der Waals surface area contributed by atoms with E-state index in [2.05, 4.69) is 15.0 Å². The van der Waals surface area contributed by atoms with Gasteiger partial charge in [-0.1, -0.05) is 5.11 Å². The second-order valence-electron chi connectivity index (χ2n) is 5.82. The molecule has 0 saturated carbocycles. The molecule has 0 atom stereocenters. The Morgan fingerprint density at radius 1 is 1.26 bits per heavy atom. The average molecular weight is 370 g/mol. The number of fused-ring (bicyclic) bond motifs is 1. The van der Waals surface area contributed by atoms with E-state index >= 15 is 0 Å². The van der Waals surface area contributed by atoms with Crippen molar-refractivity contribution in [2.75, 3.05) is 6.54 Å². The molecule has 0 unspecified atom stereocenters. The largest absolute Gasteiger partial charge is 0.454 e. The summed E-state index contributed by atoms with van der Waals surface area (Å²) >= 11 is 0. The van der Waals surface area contributed by atoms with E-state index in [0.717, 1.165) is 11.5 Å². The molecule has 3 rings (SSSR count). The van der Waals surface area contributed by atoms with Gasteiger partial charge in [0.2, 0.25) is 0 Å². The van der Waals surface area contributed by atoms with Crippen molar-refractivity contribution < 1.29 is 13.5 Å². The minimum Gasteiger partial charge on any atom is -0.454 e. The van der Waals surface area contributed by atoms with E-state index in [9.17, 15) is 8.78 Å². The lowest BCUT2D eigenvalue weighted by atomic mass is 10.0. The van der Waals surface area contributed by atoms with Crippen molar-refractivity contribution >= 4 is 16.7 Å². The van der Waals surface area contributed by atoms with E-state index < -0.39 is 17.5 Å². The number of aryl methyl sites for hydroxylation is 1. The third kappa shape index (κ3) is 3.83. The average Bonchev–Trinajstić information content (AvgIpc) is 3.09. The highest BCUT2D eigenvalue weighted by Crippen LogP contribution is 2.35. The topological polar surface area (TPSA) is 124 Å². The molecule has 0 fully saturated rings. The summed E-state index contributed by atoms with van der Waals surface area (Å²) < 4.78 is 34.1. The number of aromatic amines is 1. The van der Waals surface area contributed by atoms with Crippen LogP contribution in [0.2, 0.25) is 0 Å². The smallest absolute Gasteiger partial charge is 0.168 e. The molecule has 0 aliphatic heterocycles. The number of hydrogen-bond acceptors (Lipinski definition) is 3. The highest BCUT2D eigenvalue weighted by molar-refractivity contribution is 5.95. The molecule has 0 bridgehead atoms. The number of rotatable bonds is 7. The number of amidine groups is 1. The molecule has 0 spiro atoms. The van der Waals surface area contributed by atoms with Crippen molar-refractivity contribution in [2.24, 2.45) is 10.8 Å². The van der Waals surface area contributed by atoms with Crippen molar-refractivity contribution in [3.63, 3.8) is 0 Å². The van der Waals surface area contributed by atoms with Gasteiger partial charge in [-0.2, -0.15) is 0 Å². The number of ether oxygens (including phenoxy) is 1. The number of nitrogens with two attached hydrogens (primary N) is 1. The Hall–Kier alpha value is -3.58. The number of nitrogens with zero attached hydrogens (tertiary/aromatic N) is 3. The fourth-order valence-electron chi connectivity index (χ4n) is 2.85. The highest BCUT2D eigenvalue weighted by Gasteiger charge is 2.17. The number of H-pyrrole nitrogens is 1. The number of nitrogens with one attached hydrogen (secondary N) is 2. The van der Waals surface area contributed by atoms with Gasteiger partial charge in [0.25, 0.3) is 0 Å². The van der Waals surface area contributed by atoms with Crippen LogP contribution in [0.15, 0.2) is 41.6 Å². The number of hydrogen-bond donors (Lipinski definition) is 3. The van der Waals surface area contributed by atoms with Gasteiger partial charge in [0.1, 0.15) is 17.4 Å². The van der Waals surface area contributed by atoms with Crippen LogP contribution in [0.3, 0.4) is 0 Å². The first kappa shape index (κ1) is 18.2. The third-order valence-electron chi connectivity index (χ3n) is 4.06. The SMILES string of the molecule is [N-]=[N+]=NCCCc1c(Oc2ccc(F)c(C(=N)N)c2)c(F)cc2[nH]ccc12. The van der Waals surface area contributed by atoms with Gasteiger partial charge in [0.05, 0.1) is 5.56 Å². The van der Waals surface area contributed by atoms with Gasteiger partial charge >= 0.3 is 0 Å². The summed E-state index contributed by atoms with van der Waals surface area (Å²) in [7, 11) is 0. The van der Waals surface area contributed by atoms with Crippen LogP contribution in [-0.2, 0) is 6.42 Å². The maximum atomic E-state index is 14.7. The lowest BCUT2D eigenvalue weighted by Gasteiger charge is -2.14. The first-order valence-corrected chi connectivity index (χ1v) is 8.12. The highest BCUT2D eigenvalue weighted by atomic mass is 19.1. The second kappa shape index (κ2) is 7.76. The van der Waals surface area contributed by atoms with E-state index in [1.165, 1.54) is 18.2 Å². The van der Waals surface area contributed by atoms with Gasteiger partial charge in [-0.25, -0.2) is 8.78 Å². The van der Waals surface area contributed by atoms with Crippen LogP contribution in [0.1, 0.15) is 17.5 Å². The molecule has 0 saturated heterocycles. The molecule has 7 nitrogen and oxygen atoms in total. The van der Waals surface area contributed by atoms with Crippen LogP contribution in [0, 0.1) is 17.0 Å². The predicted molar refractivity (Wildman–Crippen MR) is 98.1 cm³/mol. The normalized spacial score (nSPS) is 10.6. The lowest BCUT2D eigenvalue weighted by Crippen LogP contribution is -2.13. The molecule has 1 heterocycles. The van der Waals surface area contributed by atoms with Crippen molar-refractivity contribution in [2.45, 2.75) is 12.8 Å². The zero-order valence-electron chi connectivity index (χ0n) is 14.2. The monoisotopic (exact) mass is 370 g/mol. The molecule has 4 N–H and O–H groups in total. The molecular weight excluding hydrogens is 354 g/mol. The first-order valence-electron chi connectivity index (χ1n) is 8.12. The molecule has 3 aromatic rings. The molecule has 138 valence electrons. The summed E-state index contributed by atoms with van der Waals surface area (Å²) in [5.41, 5.74) is 14.9. The van der Waals surface area contributed by atoms with Gasteiger partial charge in [-0.3, -0.25) is 5.41 Å². The quantitative estimate of drug-likeness (QED) is 0.138. The molecule has 27 heavy (non-hydrogen) atoms. The molecule has 0 aliphatic rings. The van der Waals surface area contributed by atoms with Crippen molar-refractivity contribution in [3.05, 3.63) is 69.7 Å². The van der Waals surface area contributed by atoms with Gasteiger partial charge in [-0.05, 0) is 42.6 Å². The van der Waals surface area contributed by atoms with Gasteiger partial charge in [0, 0.05) is 40.2 Å². The standard InChI is InChI=1S/C18H16F2N6O/c19-14-4-3-10(8-13(14)18(21)22)27-17-12(2-1-6-25-26-23)11-5-7-24-16(11)9-15(17)20/h3-5,7-9,24H,1-2,6H2,(H3,21,22). The number of aromatic nitrogens is 1. The minimum absolute atomic E-state index is 0.00384. The van der Waals surface area contributed by atoms with E-state index in [-0.39, 0.29) is 23.6 Å². The Balaban J connectivity index is 2.02. The fourth-order valence-corrected chi connectivity index (χ4v) is 2.85. The Morgan fingerprint density at radius 2 is 2.07 bits per heavy atom. The van der Waals surface area contributed by atoms with E-state index in [4.69, 9.17) is 21.4 Å². The molecule has 0 amide bonds. The summed E-state index contributed by atoms with van der Waals surface area (Å²) in [4.78, 5) is 5.66. The van der Waals surface area contributed by atoms with E-state index in [1.807, 2.05) is 0 Å². The van der Waals surface area contributed by atoms with Crippen molar-refractivity contribution in [1.29, 1.82) is 5.41 Å². The fraction of sp³-hybridized carbons (Fsp3) is 0.167. The molecule has 0 aliphatic carbocycles. The minimum atomic E-state index is -0.661. The number of benzene rings is 2. The zero-order chi connectivity index (χ0) is 19.4. The summed E-state index contributed by atoms with van der Waals surface area (Å²) in [6.45, 7) is 0.267.